The summed E-state index contributed by atoms with van der Waals surface area (Å²) in [4.78, 5) is 65.1. The number of carbonyl (C=O) groups excluding carboxylic acids is 4. The molecule has 6 aromatic carbocycles. The lowest BCUT2D eigenvalue weighted by Gasteiger charge is -2.32. The zero-order valence-electron chi connectivity index (χ0n) is 39.7. The zero-order chi connectivity index (χ0) is 49.4. The standard InChI is InChI=1S/C29H25N3O3.C20H20N2O3.C9H6IN/c1-29(2)26(20-8-4-3-5-9-20)32(28(34)35-29)22-13-14-23-21(18-22)15-17-31(27(23)33)24-12-6-10-19-11-7-16-30-25(19)24;1-20(2)17(13-6-4-3-5-7-13)22(19(24)25-20)15-8-9-16-14(12-15)10-11-21-18(16)23;10-8-5-1-3-7-4-2-6-11-9(7)8/h3-14,16,18,26H,15,17H2,1-2H3;3-9,12,17H,10-11H2,1-2H3,(H,21,23);1-6H/t26-;17-;/m00./s1. The normalized spacial score (nSPS) is 18.6. The number of hydrogen-bond donors (Lipinski definition) is 1. The van der Waals surface area contributed by atoms with E-state index in [1.807, 2.05) is 167 Å². The van der Waals surface area contributed by atoms with Gasteiger partial charge in [0.25, 0.3) is 11.8 Å². The lowest BCUT2D eigenvalue weighted by atomic mass is 9.90. The Kier molecular flexibility index (Phi) is 12.8. The maximum atomic E-state index is 13.5. The minimum Gasteiger partial charge on any atom is -0.441 e. The molecule has 13 heteroatoms. The quantitative estimate of drug-likeness (QED) is 0.168. The number of halogens is 1. The molecule has 356 valence electrons. The van der Waals surface area contributed by atoms with E-state index in [2.05, 4.69) is 56.1 Å². The number of para-hydroxylation sites is 2. The first-order valence-electron chi connectivity index (χ1n) is 23.6. The number of ether oxygens (including phenoxy) is 2. The minimum absolute atomic E-state index is 0.0557. The molecular formula is C58H51IN6O6. The molecule has 0 unspecified atom stereocenters. The first-order valence-corrected chi connectivity index (χ1v) is 24.7. The zero-order valence-corrected chi connectivity index (χ0v) is 41.9. The van der Waals surface area contributed by atoms with Gasteiger partial charge >= 0.3 is 12.2 Å². The SMILES string of the molecule is CC1(C)OC(=O)N(c2ccc3c(c2)CCN(c2cccc4cccnc24)C3=O)[C@H]1c1ccccc1.CC1(C)OC(=O)N(c2ccc3c(c2)CCNC3=O)[C@H]1c1ccccc1.Ic1cccc2cccnc12. The van der Waals surface area contributed by atoms with Gasteiger partial charge in [-0.15, -0.1) is 0 Å². The molecule has 8 aromatic rings. The predicted molar refractivity (Wildman–Crippen MR) is 285 cm³/mol. The van der Waals surface area contributed by atoms with Gasteiger partial charge in [-0.1, -0.05) is 97.1 Å². The number of cyclic esters (lactones) is 2. The summed E-state index contributed by atoms with van der Waals surface area (Å²) >= 11 is 2.30. The monoisotopic (exact) mass is 1050 g/mol. The van der Waals surface area contributed by atoms with Crippen molar-refractivity contribution in [2.24, 2.45) is 0 Å². The summed E-state index contributed by atoms with van der Waals surface area (Å²) in [5, 5.41) is 5.05. The van der Waals surface area contributed by atoms with Crippen LogP contribution < -0.4 is 20.0 Å². The molecule has 0 aliphatic carbocycles. The average Bonchev–Trinajstić information content (AvgIpc) is 3.78. The van der Waals surface area contributed by atoms with Crippen LogP contribution >= 0.6 is 22.6 Å². The topological polar surface area (TPSA) is 134 Å². The predicted octanol–water partition coefficient (Wildman–Crippen LogP) is 12.2. The second-order valence-electron chi connectivity index (χ2n) is 18.9. The van der Waals surface area contributed by atoms with Crippen LogP contribution in [0.4, 0.5) is 26.7 Å². The van der Waals surface area contributed by atoms with E-state index in [9.17, 15) is 19.2 Å². The third kappa shape index (κ3) is 9.17. The molecule has 0 spiro atoms. The van der Waals surface area contributed by atoms with Crippen LogP contribution in [-0.4, -0.2) is 58.3 Å². The van der Waals surface area contributed by atoms with Gasteiger partial charge in [0, 0.05) is 62.3 Å². The summed E-state index contributed by atoms with van der Waals surface area (Å²) in [5.74, 6) is -0.114. The van der Waals surface area contributed by atoms with Crippen molar-refractivity contribution in [3.8, 4) is 0 Å². The van der Waals surface area contributed by atoms with Gasteiger partial charge in [0.15, 0.2) is 0 Å². The first-order chi connectivity index (χ1) is 34.3. The number of amides is 4. The first kappa shape index (κ1) is 47.0. The highest BCUT2D eigenvalue weighted by Gasteiger charge is 2.50. The number of carbonyl (C=O) groups is 4. The molecule has 71 heavy (non-hydrogen) atoms. The van der Waals surface area contributed by atoms with E-state index in [0.29, 0.717) is 30.6 Å². The fourth-order valence-electron chi connectivity index (χ4n) is 10.2. The van der Waals surface area contributed by atoms with Crippen molar-refractivity contribution in [1.29, 1.82) is 0 Å². The van der Waals surface area contributed by atoms with Crippen LogP contribution in [0.2, 0.25) is 0 Å². The molecule has 12 rings (SSSR count). The van der Waals surface area contributed by atoms with Gasteiger partial charge in [-0.05, 0) is 146 Å². The van der Waals surface area contributed by atoms with E-state index in [0.717, 1.165) is 62.2 Å². The van der Waals surface area contributed by atoms with Crippen molar-refractivity contribution >= 4 is 85.5 Å². The van der Waals surface area contributed by atoms with Crippen LogP contribution in [-0.2, 0) is 22.3 Å². The number of rotatable bonds is 5. The van der Waals surface area contributed by atoms with Crippen molar-refractivity contribution in [1.82, 2.24) is 15.3 Å². The third-order valence-corrected chi connectivity index (χ3v) is 14.3. The fraction of sp³-hybridized carbons (Fsp3) is 0.207. The molecule has 1 N–H and O–H groups in total. The van der Waals surface area contributed by atoms with Gasteiger partial charge in [-0.25, -0.2) is 9.59 Å². The second kappa shape index (κ2) is 19.3. The van der Waals surface area contributed by atoms with Gasteiger partial charge in [0.05, 0.1) is 16.7 Å². The number of aromatic nitrogens is 2. The lowest BCUT2D eigenvalue weighted by molar-refractivity contribution is 0.0676. The van der Waals surface area contributed by atoms with Crippen LogP contribution in [0.15, 0.2) is 170 Å². The summed E-state index contributed by atoms with van der Waals surface area (Å²) < 4.78 is 12.6. The van der Waals surface area contributed by atoms with E-state index in [4.69, 9.17) is 9.47 Å². The van der Waals surface area contributed by atoms with Gasteiger partial charge in [-0.3, -0.25) is 29.4 Å². The Hall–Kier alpha value is -7.65. The largest absolute Gasteiger partial charge is 0.441 e. The lowest BCUT2D eigenvalue weighted by Crippen LogP contribution is -2.38. The molecule has 12 nitrogen and oxygen atoms in total. The Morgan fingerprint density at radius 1 is 0.563 bits per heavy atom. The van der Waals surface area contributed by atoms with Gasteiger partial charge in [0.2, 0.25) is 0 Å². The number of benzene rings is 6. The van der Waals surface area contributed by atoms with E-state index in [1.54, 1.807) is 27.0 Å². The van der Waals surface area contributed by atoms with Crippen molar-refractivity contribution in [3.05, 3.63) is 207 Å². The summed E-state index contributed by atoms with van der Waals surface area (Å²) in [6, 6.07) is 50.5. The molecule has 2 saturated heterocycles. The van der Waals surface area contributed by atoms with Gasteiger partial charge in [0.1, 0.15) is 23.3 Å². The molecule has 0 radical (unpaired) electrons. The van der Waals surface area contributed by atoms with Crippen molar-refractivity contribution in [3.63, 3.8) is 0 Å². The number of anilines is 3. The molecule has 4 aliphatic rings. The maximum absolute atomic E-state index is 13.5. The van der Waals surface area contributed by atoms with Crippen molar-refractivity contribution in [2.45, 2.75) is 63.8 Å². The second-order valence-corrected chi connectivity index (χ2v) is 20.0. The number of nitrogens with zero attached hydrogens (tertiary/aromatic N) is 5. The molecule has 0 saturated carbocycles. The molecule has 2 fully saturated rings. The molecule has 6 heterocycles. The third-order valence-electron chi connectivity index (χ3n) is 13.4. The van der Waals surface area contributed by atoms with Crippen molar-refractivity contribution in [2.75, 3.05) is 27.8 Å². The van der Waals surface area contributed by atoms with E-state index in [1.165, 1.54) is 8.96 Å². The van der Waals surface area contributed by atoms with Crippen LogP contribution in [0, 0.1) is 3.57 Å². The average molecular weight is 1050 g/mol. The summed E-state index contributed by atoms with van der Waals surface area (Å²) in [6.45, 7) is 8.88. The Morgan fingerprint density at radius 2 is 1.07 bits per heavy atom. The van der Waals surface area contributed by atoms with Crippen LogP contribution in [0.25, 0.3) is 21.8 Å². The molecule has 4 aliphatic heterocycles. The minimum atomic E-state index is -0.692. The number of hydrogen-bond acceptors (Lipinski definition) is 8. The molecule has 4 amide bonds. The highest BCUT2D eigenvalue weighted by molar-refractivity contribution is 14.1. The highest BCUT2D eigenvalue weighted by atomic mass is 127. The van der Waals surface area contributed by atoms with Crippen LogP contribution in [0.1, 0.15) is 82.7 Å². The molecule has 0 bridgehead atoms. The number of fused-ring (bicyclic) bond motifs is 4. The summed E-state index contributed by atoms with van der Waals surface area (Å²) in [7, 11) is 0. The fourth-order valence-corrected chi connectivity index (χ4v) is 10.8. The number of nitrogens with one attached hydrogen (secondary N) is 1. The number of pyridine rings is 2. The Labute approximate surface area is 425 Å². The van der Waals surface area contributed by atoms with E-state index >= 15 is 0 Å². The highest BCUT2D eigenvalue weighted by Crippen LogP contribution is 2.46. The smallest absolute Gasteiger partial charge is 0.415 e. The van der Waals surface area contributed by atoms with Crippen LogP contribution in [0.5, 0.6) is 0 Å². The molecule has 2 aromatic heterocycles. The summed E-state index contributed by atoms with van der Waals surface area (Å²) in [5.41, 5.74) is 8.14. The molecule has 2 atom stereocenters. The Balaban J connectivity index is 0.000000140. The van der Waals surface area contributed by atoms with Gasteiger partial charge in [-0.2, -0.15) is 0 Å². The van der Waals surface area contributed by atoms with Gasteiger partial charge < -0.3 is 19.7 Å². The van der Waals surface area contributed by atoms with Crippen molar-refractivity contribution < 1.29 is 28.7 Å². The Bertz CT molecular complexity index is 3340. The van der Waals surface area contributed by atoms with E-state index in [-0.39, 0.29) is 36.1 Å². The summed E-state index contributed by atoms with van der Waals surface area (Å²) in [6.07, 6.45) is 4.27. The Morgan fingerprint density at radius 3 is 1.65 bits per heavy atom. The van der Waals surface area contributed by atoms with E-state index < -0.39 is 11.2 Å². The maximum Gasteiger partial charge on any atom is 0.415 e. The van der Waals surface area contributed by atoms with Crippen LogP contribution in [0.3, 0.4) is 0 Å². The molecular weight excluding hydrogens is 1000 g/mol.